The summed E-state index contributed by atoms with van der Waals surface area (Å²) in [6.45, 7) is 0.127. The predicted molar refractivity (Wildman–Crippen MR) is 75.8 cm³/mol. The molecule has 2 aromatic heterocycles. The maximum Gasteiger partial charge on any atom is 0.245 e. The molecule has 0 aliphatic heterocycles. The third-order valence-corrected chi connectivity index (χ3v) is 4.78. The minimum Gasteiger partial charge on any atom is -0.468 e. The van der Waals surface area contributed by atoms with E-state index in [0.717, 1.165) is 0 Å². The van der Waals surface area contributed by atoms with E-state index in [1.807, 2.05) is 6.07 Å². The van der Waals surface area contributed by atoms with Crippen molar-refractivity contribution in [1.82, 2.24) is 9.29 Å². The lowest BCUT2D eigenvalue weighted by Crippen LogP contribution is -2.31. The molecule has 0 N–H and O–H groups in total. The van der Waals surface area contributed by atoms with Crippen molar-refractivity contribution in [2.45, 2.75) is 17.9 Å². The molecular weight excluding hydrogens is 314 g/mol. The molecule has 21 heavy (non-hydrogen) atoms. The maximum absolute atomic E-state index is 12.6. The molecule has 0 fully saturated rings. The predicted octanol–water partition coefficient (Wildman–Crippen LogP) is 2.43. The van der Waals surface area contributed by atoms with Crippen molar-refractivity contribution < 1.29 is 12.8 Å². The van der Waals surface area contributed by atoms with Crippen LogP contribution in [0.5, 0.6) is 0 Å². The number of aromatic nitrogens is 1. The molecule has 0 unspecified atom stereocenters. The summed E-state index contributed by atoms with van der Waals surface area (Å²) in [5.74, 6) is 0.499. The lowest BCUT2D eigenvalue weighted by atomic mass is 10.4. The van der Waals surface area contributed by atoms with E-state index in [1.54, 1.807) is 12.1 Å². The van der Waals surface area contributed by atoms with E-state index in [1.165, 1.54) is 28.9 Å². The maximum atomic E-state index is 12.6. The van der Waals surface area contributed by atoms with Crippen LogP contribution >= 0.6 is 11.6 Å². The Morgan fingerprint density at radius 2 is 2.19 bits per heavy atom. The van der Waals surface area contributed by atoms with Gasteiger partial charge in [0.2, 0.25) is 10.0 Å². The normalized spacial score (nSPS) is 11.5. The van der Waals surface area contributed by atoms with Gasteiger partial charge in [0.25, 0.3) is 0 Å². The highest BCUT2D eigenvalue weighted by Crippen LogP contribution is 2.19. The van der Waals surface area contributed by atoms with Crippen molar-refractivity contribution >= 4 is 21.6 Å². The molecule has 6 nitrogen and oxygen atoms in total. The summed E-state index contributed by atoms with van der Waals surface area (Å²) in [5.41, 5.74) is 0. The Kier molecular flexibility index (Phi) is 4.96. The Morgan fingerprint density at radius 3 is 2.76 bits per heavy atom. The summed E-state index contributed by atoms with van der Waals surface area (Å²) >= 11 is 5.66. The van der Waals surface area contributed by atoms with E-state index < -0.39 is 10.0 Å². The van der Waals surface area contributed by atoms with Crippen molar-refractivity contribution in [2.75, 3.05) is 6.54 Å². The van der Waals surface area contributed by atoms with Crippen LogP contribution in [0.25, 0.3) is 0 Å². The molecule has 0 saturated heterocycles. The molecular formula is C13H12ClN3O3S. The van der Waals surface area contributed by atoms with Gasteiger partial charge in [0.1, 0.15) is 15.8 Å². The van der Waals surface area contributed by atoms with Crippen molar-refractivity contribution in [3.05, 3.63) is 47.6 Å². The van der Waals surface area contributed by atoms with Gasteiger partial charge in [0, 0.05) is 19.2 Å². The van der Waals surface area contributed by atoms with Crippen LogP contribution in [-0.2, 0) is 16.6 Å². The van der Waals surface area contributed by atoms with Crippen LogP contribution in [-0.4, -0.2) is 24.3 Å². The summed E-state index contributed by atoms with van der Waals surface area (Å²) in [4.78, 5) is 3.80. The van der Waals surface area contributed by atoms with E-state index in [-0.39, 0.29) is 29.6 Å². The average molecular weight is 326 g/mol. The number of nitrogens with zero attached hydrogens (tertiary/aromatic N) is 3. The molecule has 0 aliphatic carbocycles. The van der Waals surface area contributed by atoms with E-state index in [2.05, 4.69) is 4.98 Å². The average Bonchev–Trinajstić information content (AvgIpc) is 2.96. The first-order valence-electron chi connectivity index (χ1n) is 6.05. The molecule has 110 valence electrons. The molecule has 0 radical (unpaired) electrons. The standard InChI is InChI=1S/C13H12ClN3O3S/c14-13-5-4-12(9-16-13)21(18,19)17(7-2-6-15)10-11-3-1-8-20-11/h1,3-5,8-9H,2,7,10H2. The molecule has 2 rings (SSSR count). The van der Waals surface area contributed by atoms with Crippen LogP contribution in [0.15, 0.2) is 46.0 Å². The van der Waals surface area contributed by atoms with Crippen LogP contribution < -0.4 is 0 Å². The second-order valence-corrected chi connectivity index (χ2v) is 6.47. The smallest absolute Gasteiger partial charge is 0.245 e. The van der Waals surface area contributed by atoms with Gasteiger partial charge in [0.15, 0.2) is 0 Å². The molecule has 0 atom stereocenters. The number of nitriles is 1. The third-order valence-electron chi connectivity index (χ3n) is 2.72. The Morgan fingerprint density at radius 1 is 1.38 bits per heavy atom. The quantitative estimate of drug-likeness (QED) is 0.761. The molecule has 0 bridgehead atoms. The molecule has 2 aromatic rings. The van der Waals surface area contributed by atoms with E-state index >= 15 is 0 Å². The zero-order chi connectivity index (χ0) is 15.3. The second-order valence-electron chi connectivity index (χ2n) is 4.14. The third kappa shape index (κ3) is 3.82. The van der Waals surface area contributed by atoms with Crippen molar-refractivity contribution in [3.63, 3.8) is 0 Å². The fourth-order valence-corrected chi connectivity index (χ4v) is 3.16. The highest BCUT2D eigenvalue weighted by molar-refractivity contribution is 7.89. The summed E-state index contributed by atoms with van der Waals surface area (Å²) in [6.07, 6.45) is 2.74. The van der Waals surface area contributed by atoms with E-state index in [9.17, 15) is 8.42 Å². The van der Waals surface area contributed by atoms with Crippen LogP contribution in [0.2, 0.25) is 5.15 Å². The van der Waals surface area contributed by atoms with Gasteiger partial charge in [-0.25, -0.2) is 13.4 Å². The minimum absolute atomic E-state index is 0.0244. The van der Waals surface area contributed by atoms with Gasteiger partial charge in [-0.15, -0.1) is 0 Å². The van der Waals surface area contributed by atoms with Gasteiger partial charge in [-0.2, -0.15) is 9.57 Å². The molecule has 0 aromatic carbocycles. The SMILES string of the molecule is N#CCCN(Cc1ccco1)S(=O)(=O)c1ccc(Cl)nc1. The Bertz CT molecular complexity index is 721. The molecule has 0 saturated carbocycles. The highest BCUT2D eigenvalue weighted by atomic mass is 35.5. The van der Waals surface area contributed by atoms with Gasteiger partial charge < -0.3 is 4.42 Å². The lowest BCUT2D eigenvalue weighted by molar-refractivity contribution is 0.368. The van der Waals surface area contributed by atoms with Crippen LogP contribution in [0.4, 0.5) is 0 Å². The first-order valence-corrected chi connectivity index (χ1v) is 7.87. The summed E-state index contributed by atoms with van der Waals surface area (Å²) < 4.78 is 31.5. The first-order chi connectivity index (χ1) is 10.0. The molecule has 8 heteroatoms. The number of hydrogen-bond donors (Lipinski definition) is 0. The number of sulfonamides is 1. The monoisotopic (exact) mass is 325 g/mol. The molecule has 2 heterocycles. The van der Waals surface area contributed by atoms with E-state index in [4.69, 9.17) is 21.3 Å². The fourth-order valence-electron chi connectivity index (χ4n) is 1.70. The van der Waals surface area contributed by atoms with Crippen LogP contribution in [0.1, 0.15) is 12.2 Å². The zero-order valence-electron chi connectivity index (χ0n) is 10.9. The Hall–Kier alpha value is -1.88. The second kappa shape index (κ2) is 6.72. The molecule has 0 spiro atoms. The van der Waals surface area contributed by atoms with Crippen molar-refractivity contribution in [2.24, 2.45) is 0 Å². The number of hydrogen-bond acceptors (Lipinski definition) is 5. The number of halogens is 1. The van der Waals surface area contributed by atoms with Crippen molar-refractivity contribution in [3.8, 4) is 6.07 Å². The number of furan rings is 1. The zero-order valence-corrected chi connectivity index (χ0v) is 12.5. The lowest BCUT2D eigenvalue weighted by Gasteiger charge is -2.19. The Balaban J connectivity index is 2.29. The van der Waals surface area contributed by atoms with Gasteiger partial charge >= 0.3 is 0 Å². The first kappa shape index (κ1) is 15.5. The molecule has 0 amide bonds. The van der Waals surface area contributed by atoms with Gasteiger partial charge in [-0.3, -0.25) is 0 Å². The van der Waals surface area contributed by atoms with Gasteiger partial charge in [-0.05, 0) is 24.3 Å². The van der Waals surface area contributed by atoms with Gasteiger partial charge in [-0.1, -0.05) is 11.6 Å². The molecule has 0 aliphatic rings. The Labute approximate surface area is 127 Å². The van der Waals surface area contributed by atoms with Gasteiger partial charge in [0.05, 0.1) is 18.9 Å². The minimum atomic E-state index is -3.77. The number of pyridine rings is 1. The largest absolute Gasteiger partial charge is 0.468 e. The van der Waals surface area contributed by atoms with E-state index in [0.29, 0.717) is 5.76 Å². The summed E-state index contributed by atoms with van der Waals surface area (Å²) in [5, 5.41) is 8.90. The highest BCUT2D eigenvalue weighted by Gasteiger charge is 2.25. The fraction of sp³-hybridized carbons (Fsp3) is 0.231. The van der Waals surface area contributed by atoms with Crippen LogP contribution in [0, 0.1) is 11.3 Å². The summed E-state index contributed by atoms with van der Waals surface area (Å²) in [6, 6.07) is 8.08. The van der Waals surface area contributed by atoms with Crippen LogP contribution in [0.3, 0.4) is 0 Å². The topological polar surface area (TPSA) is 87.2 Å². The van der Waals surface area contributed by atoms with Crippen molar-refractivity contribution in [1.29, 1.82) is 5.26 Å². The summed E-state index contributed by atoms with van der Waals surface area (Å²) in [7, 11) is -3.77. The number of rotatable bonds is 6.